The number of ether oxygens (including phenoxy) is 3. The lowest BCUT2D eigenvalue weighted by Crippen LogP contribution is -2.22. The topological polar surface area (TPSA) is 73.9 Å². The Kier molecular flexibility index (Phi) is 5.28. The molecule has 22 heavy (non-hydrogen) atoms. The van der Waals surface area contributed by atoms with Gasteiger partial charge in [0.15, 0.2) is 11.5 Å². The van der Waals surface area contributed by atoms with Crippen LogP contribution in [-0.4, -0.2) is 29.7 Å². The summed E-state index contributed by atoms with van der Waals surface area (Å²) in [7, 11) is 1.02. The van der Waals surface area contributed by atoms with E-state index in [1.807, 2.05) is 0 Å². The first-order chi connectivity index (χ1) is 10.5. The first-order valence-electron chi connectivity index (χ1n) is 6.34. The van der Waals surface area contributed by atoms with E-state index >= 15 is 0 Å². The van der Waals surface area contributed by atoms with Gasteiger partial charge in [-0.1, -0.05) is 6.07 Å². The zero-order valence-electron chi connectivity index (χ0n) is 12.5. The SMILES string of the molecule is COc1cc(CNS(=O)(=O)c2cccs2)cc(OC)c1OC. The molecule has 0 aliphatic rings. The van der Waals surface area contributed by atoms with Crippen molar-refractivity contribution in [3.05, 3.63) is 35.2 Å². The van der Waals surface area contributed by atoms with Crippen LogP contribution in [0.2, 0.25) is 0 Å². The van der Waals surface area contributed by atoms with Crippen LogP contribution >= 0.6 is 11.3 Å². The van der Waals surface area contributed by atoms with Crippen molar-refractivity contribution < 1.29 is 22.6 Å². The fourth-order valence-electron chi connectivity index (χ4n) is 1.90. The molecule has 120 valence electrons. The van der Waals surface area contributed by atoms with Gasteiger partial charge < -0.3 is 14.2 Å². The highest BCUT2D eigenvalue weighted by Gasteiger charge is 2.17. The van der Waals surface area contributed by atoms with Gasteiger partial charge in [0.25, 0.3) is 0 Å². The standard InChI is InChI=1S/C14H17NO5S2/c1-18-11-7-10(8-12(19-2)14(11)20-3)9-15-22(16,17)13-5-4-6-21-13/h4-8,15H,9H2,1-3H3. The minimum Gasteiger partial charge on any atom is -0.493 e. The molecule has 0 fully saturated rings. The molecule has 8 heteroatoms. The van der Waals surface area contributed by atoms with Crippen LogP contribution in [0.25, 0.3) is 0 Å². The van der Waals surface area contributed by atoms with Gasteiger partial charge in [-0.25, -0.2) is 13.1 Å². The number of hydrogen-bond acceptors (Lipinski definition) is 6. The molecule has 0 spiro atoms. The van der Waals surface area contributed by atoms with Crippen molar-refractivity contribution in [3.63, 3.8) is 0 Å². The largest absolute Gasteiger partial charge is 0.493 e. The second kappa shape index (κ2) is 6.99. The number of rotatable bonds is 7. The summed E-state index contributed by atoms with van der Waals surface area (Å²) in [6.45, 7) is 0.122. The Morgan fingerprint density at radius 1 is 1.09 bits per heavy atom. The third-order valence-electron chi connectivity index (χ3n) is 2.95. The molecular weight excluding hydrogens is 326 g/mol. The second-order valence-corrected chi connectivity index (χ2v) is 7.23. The third-order valence-corrected chi connectivity index (χ3v) is 5.75. The van der Waals surface area contributed by atoms with Crippen LogP contribution in [0.15, 0.2) is 33.9 Å². The van der Waals surface area contributed by atoms with E-state index in [9.17, 15) is 8.42 Å². The van der Waals surface area contributed by atoms with Gasteiger partial charge in [-0.05, 0) is 29.1 Å². The third kappa shape index (κ3) is 3.52. The van der Waals surface area contributed by atoms with E-state index in [0.717, 1.165) is 0 Å². The molecule has 0 aliphatic carbocycles. The maximum atomic E-state index is 12.1. The molecule has 0 saturated carbocycles. The normalized spacial score (nSPS) is 11.2. The Balaban J connectivity index is 2.23. The van der Waals surface area contributed by atoms with Crippen molar-refractivity contribution in [1.82, 2.24) is 4.72 Å². The minimum atomic E-state index is -3.51. The Hall–Kier alpha value is -1.77. The summed E-state index contributed by atoms with van der Waals surface area (Å²) in [5.74, 6) is 1.43. The quantitative estimate of drug-likeness (QED) is 0.835. The molecule has 2 aromatic rings. The van der Waals surface area contributed by atoms with E-state index in [1.54, 1.807) is 29.6 Å². The average molecular weight is 343 g/mol. The van der Waals surface area contributed by atoms with E-state index in [0.29, 0.717) is 22.8 Å². The number of nitrogens with one attached hydrogen (secondary N) is 1. The number of methoxy groups -OCH3 is 3. The van der Waals surface area contributed by atoms with Crippen molar-refractivity contribution in [1.29, 1.82) is 0 Å². The van der Waals surface area contributed by atoms with Gasteiger partial charge in [0, 0.05) is 6.54 Å². The Morgan fingerprint density at radius 2 is 1.73 bits per heavy atom. The minimum absolute atomic E-state index is 0.122. The molecular formula is C14H17NO5S2. The summed E-state index contributed by atoms with van der Waals surface area (Å²) in [5.41, 5.74) is 0.703. The molecule has 1 aromatic heterocycles. The number of benzene rings is 1. The molecule has 0 amide bonds. The van der Waals surface area contributed by atoms with Crippen molar-refractivity contribution in [2.75, 3.05) is 21.3 Å². The van der Waals surface area contributed by atoms with Crippen LogP contribution in [0.3, 0.4) is 0 Å². The van der Waals surface area contributed by atoms with Gasteiger partial charge in [-0.15, -0.1) is 11.3 Å². The fourth-order valence-corrected chi connectivity index (χ4v) is 3.96. The smallest absolute Gasteiger partial charge is 0.250 e. The average Bonchev–Trinajstić information content (AvgIpc) is 3.07. The zero-order chi connectivity index (χ0) is 16.2. The first-order valence-corrected chi connectivity index (χ1v) is 8.70. The number of hydrogen-bond donors (Lipinski definition) is 1. The summed E-state index contributed by atoms with van der Waals surface area (Å²) in [5, 5.41) is 1.72. The van der Waals surface area contributed by atoms with Crippen LogP contribution in [-0.2, 0) is 16.6 Å². The van der Waals surface area contributed by atoms with Crippen LogP contribution in [0.5, 0.6) is 17.2 Å². The van der Waals surface area contributed by atoms with Gasteiger partial charge in [0.2, 0.25) is 15.8 Å². The Labute approximate surface area is 133 Å². The first kappa shape index (κ1) is 16.6. The zero-order valence-corrected chi connectivity index (χ0v) is 14.1. The molecule has 0 aliphatic heterocycles. The highest BCUT2D eigenvalue weighted by Crippen LogP contribution is 2.38. The number of thiophene rings is 1. The van der Waals surface area contributed by atoms with Crippen LogP contribution in [0.4, 0.5) is 0 Å². The summed E-state index contributed by atoms with van der Waals surface area (Å²) in [6.07, 6.45) is 0. The predicted octanol–water partition coefficient (Wildman–Crippen LogP) is 2.25. The van der Waals surface area contributed by atoms with Crippen LogP contribution < -0.4 is 18.9 Å². The van der Waals surface area contributed by atoms with Crippen molar-refractivity contribution in [2.45, 2.75) is 10.8 Å². The van der Waals surface area contributed by atoms with Gasteiger partial charge in [0.1, 0.15) is 4.21 Å². The molecule has 0 unspecified atom stereocenters. The van der Waals surface area contributed by atoms with Gasteiger partial charge >= 0.3 is 0 Å². The molecule has 1 N–H and O–H groups in total. The number of sulfonamides is 1. The summed E-state index contributed by atoms with van der Waals surface area (Å²) >= 11 is 1.17. The van der Waals surface area contributed by atoms with Crippen molar-refractivity contribution in [3.8, 4) is 17.2 Å². The maximum Gasteiger partial charge on any atom is 0.250 e. The second-order valence-electron chi connectivity index (χ2n) is 4.29. The summed E-state index contributed by atoms with van der Waals surface area (Å²) in [6, 6.07) is 6.66. The van der Waals surface area contributed by atoms with Gasteiger partial charge in [-0.2, -0.15) is 0 Å². The highest BCUT2D eigenvalue weighted by atomic mass is 32.2. The molecule has 6 nitrogen and oxygen atoms in total. The van der Waals surface area contributed by atoms with Gasteiger partial charge in [0.05, 0.1) is 21.3 Å². The van der Waals surface area contributed by atoms with E-state index < -0.39 is 10.0 Å². The molecule has 1 aromatic carbocycles. The lowest BCUT2D eigenvalue weighted by atomic mass is 10.2. The van der Waals surface area contributed by atoms with Gasteiger partial charge in [-0.3, -0.25) is 0 Å². The van der Waals surface area contributed by atoms with Crippen LogP contribution in [0.1, 0.15) is 5.56 Å². The molecule has 0 radical (unpaired) electrons. The lowest BCUT2D eigenvalue weighted by molar-refractivity contribution is 0.323. The summed E-state index contributed by atoms with van der Waals surface area (Å²) in [4.78, 5) is 0. The molecule has 2 rings (SSSR count). The molecule has 0 bridgehead atoms. The van der Waals surface area contributed by atoms with Crippen molar-refractivity contribution in [2.24, 2.45) is 0 Å². The molecule has 0 atom stereocenters. The van der Waals surface area contributed by atoms with Crippen LogP contribution in [0, 0.1) is 0 Å². The Bertz CT molecular complexity index is 701. The summed E-state index contributed by atoms with van der Waals surface area (Å²) < 4.78 is 42.8. The lowest BCUT2D eigenvalue weighted by Gasteiger charge is -2.14. The Morgan fingerprint density at radius 3 is 2.18 bits per heavy atom. The maximum absolute atomic E-state index is 12.1. The molecule has 0 saturated heterocycles. The fraction of sp³-hybridized carbons (Fsp3) is 0.286. The van der Waals surface area contributed by atoms with Crippen molar-refractivity contribution >= 4 is 21.4 Å². The van der Waals surface area contributed by atoms with E-state index in [2.05, 4.69) is 4.72 Å². The van der Waals surface area contributed by atoms with E-state index in [-0.39, 0.29) is 10.8 Å². The highest BCUT2D eigenvalue weighted by molar-refractivity contribution is 7.91. The molecule has 1 heterocycles. The van der Waals surface area contributed by atoms with E-state index in [4.69, 9.17) is 14.2 Å². The predicted molar refractivity (Wildman–Crippen MR) is 84.4 cm³/mol. The monoisotopic (exact) mass is 343 g/mol. The van der Waals surface area contributed by atoms with E-state index in [1.165, 1.54) is 32.7 Å².